The van der Waals surface area contributed by atoms with E-state index in [0.717, 1.165) is 11.1 Å². The van der Waals surface area contributed by atoms with E-state index in [2.05, 4.69) is 71.0 Å². The number of pyridine rings is 2. The van der Waals surface area contributed by atoms with Gasteiger partial charge in [-0.3, -0.25) is 24.0 Å². The van der Waals surface area contributed by atoms with Gasteiger partial charge >= 0.3 is 18.2 Å². The number of alkyl carbamates (subject to hydrolysis) is 2. The second kappa shape index (κ2) is 33.3. The third kappa shape index (κ3) is 20.5. The summed E-state index contributed by atoms with van der Waals surface area (Å²) in [5, 5.41) is 27.1. The molecule has 2 unspecified atom stereocenters. The van der Waals surface area contributed by atoms with Crippen molar-refractivity contribution in [3.8, 4) is 45.5 Å². The standard InChI is InChI=1S/C41H50BrN5O9S.C38H46N4O8.C3H6BrNO2S/c1-9-25-22-41(25,36(50)46-57(52,53)40(42)17-18-40)45-34(48)31-20-27(23-47(31)35(49)33(38(2,3)4)44-37(51)56-39(5,6)7)55-32-21-29(24-13-11-10-12-14-24)43-30-19-26(54-8)15-16-28(30)32;1-9-23-20-38(23,34(45)46)41-32(43)29-18-25(21-42(29)33(44)31(36(2,3)4)40-35(47)50-37(5,6)7)49-30-19-27(22-13-11-10-12-14-22)39-28-17-24(48-8)15-16-26(28)30;4-3(1-2-3)8(5,6)7/h9-16,19,21,25,27,31,33H,1,17-18,20,22-23H2,2-8H3,(H,44,51)(H,45,48)(H,46,50);9-17,19,23,25,29,31H,1,18,20-21H2,2-8H3,(H,40,47)(H,41,43)(H,45,46);1-2H2,(H2,5,6,7)/t25?,27-,31+,33-,41-;23?,25-,29+,31-,38-;/m11./s1. The van der Waals surface area contributed by atoms with E-state index in [9.17, 15) is 60.3 Å². The molecule has 33 heteroatoms. The first-order valence-corrected chi connectivity index (χ1v) is 42.2. The number of primary sulfonamides is 1. The van der Waals surface area contributed by atoms with Gasteiger partial charge in [0, 0.05) is 70.8 Å². The SMILES string of the molecule is C=CC1C[C@]1(NC(=O)[C@@H]1C[C@@H](Oc2cc(-c3ccccc3)nc3cc(OC)ccc23)CN1C(=O)[C@@H](NC(=O)OC(C)(C)C)C(C)(C)C)C(=O)NS(=O)(=O)C1(Br)CC1.C=CC1C[C@]1(NC(=O)[C@@H]1C[C@@H](Oc2cc(-c3ccccc3)nc3cc(OC)ccc23)CN1C(=O)[C@@H](NC(=O)OC(C)(C)C)C(C)(C)C)C(=O)O.NS(=O)(=O)C1(Br)CC1. The number of nitrogens with two attached hydrogens (primary N) is 1. The van der Waals surface area contributed by atoms with Gasteiger partial charge in [0.1, 0.15) is 89.0 Å². The van der Waals surface area contributed by atoms with E-state index in [1.165, 1.54) is 22.0 Å². The number of carboxylic acids is 1. The molecule has 4 aromatic carbocycles. The lowest BCUT2D eigenvalue weighted by atomic mass is 9.85. The van der Waals surface area contributed by atoms with Crippen LogP contribution in [0.2, 0.25) is 0 Å². The Hall–Kier alpha value is -9.44. The molecule has 4 heterocycles. The Kier molecular flexibility index (Phi) is 25.4. The highest BCUT2D eigenvalue weighted by atomic mass is 79.9. The molecule has 6 fully saturated rings. The fraction of sp³-hybridized carbons (Fsp3) is 0.488. The van der Waals surface area contributed by atoms with E-state index >= 15 is 0 Å². The molecule has 0 radical (unpaired) electrons. The highest BCUT2D eigenvalue weighted by Crippen LogP contribution is 2.51. The van der Waals surface area contributed by atoms with Gasteiger partial charge in [-0.25, -0.2) is 51.0 Å². The normalized spacial score (nSPS) is 22.9. The van der Waals surface area contributed by atoms with Crippen LogP contribution in [0.4, 0.5) is 9.59 Å². The molecule has 8 N–H and O–H groups in total. The van der Waals surface area contributed by atoms with E-state index < -0.39 is 156 Å². The number of hydrogen-bond donors (Lipinski definition) is 7. The van der Waals surface area contributed by atoms with Crippen molar-refractivity contribution in [3.05, 3.63) is 135 Å². The van der Waals surface area contributed by atoms with Crippen molar-refractivity contribution in [1.29, 1.82) is 0 Å². The number of carboxylic acid groups (broad SMARTS) is 1. The number of nitrogens with one attached hydrogen (secondary N) is 5. The van der Waals surface area contributed by atoms with Gasteiger partial charge in [0.25, 0.3) is 15.9 Å². The number of aliphatic carboxylic acids is 1. The van der Waals surface area contributed by atoms with Crippen molar-refractivity contribution >= 4 is 121 Å². The van der Waals surface area contributed by atoms with E-state index in [-0.39, 0.29) is 38.8 Å². The quantitative estimate of drug-likeness (QED) is 0.0231. The van der Waals surface area contributed by atoms with Gasteiger partial charge in [-0.05, 0) is 115 Å². The molecule has 4 saturated carbocycles. The van der Waals surface area contributed by atoms with Crippen LogP contribution in [0.1, 0.15) is 134 Å². The summed E-state index contributed by atoms with van der Waals surface area (Å²) in [6, 6.07) is 29.1. The van der Waals surface area contributed by atoms with Crippen LogP contribution in [0.3, 0.4) is 0 Å². The fourth-order valence-corrected chi connectivity index (χ4v) is 16.2. The third-order valence-electron chi connectivity index (χ3n) is 20.5. The maximum atomic E-state index is 14.7. The number of benzene rings is 4. The minimum Gasteiger partial charge on any atom is -0.497 e. The van der Waals surface area contributed by atoms with Crippen LogP contribution in [0.15, 0.2) is 135 Å². The maximum absolute atomic E-state index is 14.7. The van der Waals surface area contributed by atoms with E-state index in [1.807, 2.05) is 84.9 Å². The highest BCUT2D eigenvalue weighted by Gasteiger charge is 2.64. The summed E-state index contributed by atoms with van der Waals surface area (Å²) < 4.78 is 82.4. The van der Waals surface area contributed by atoms with Crippen molar-refractivity contribution in [1.82, 2.24) is 45.8 Å². The molecular weight excluding hydrogens is 1650 g/mol. The summed E-state index contributed by atoms with van der Waals surface area (Å²) in [6.45, 7) is 28.5. The first kappa shape index (κ1) is 87.9. The van der Waals surface area contributed by atoms with Gasteiger partial charge in [0.2, 0.25) is 33.7 Å². The van der Waals surface area contributed by atoms with E-state index in [1.54, 1.807) is 122 Å². The van der Waals surface area contributed by atoms with Crippen LogP contribution < -0.4 is 50.1 Å². The number of aromatic nitrogens is 2. The van der Waals surface area contributed by atoms with E-state index in [4.69, 9.17) is 43.5 Å². The number of alkyl halides is 2. The number of carbonyl (C=O) groups excluding carboxylic acids is 7. The minimum absolute atomic E-state index is 0.000773. The van der Waals surface area contributed by atoms with Gasteiger partial charge in [0.05, 0.1) is 49.7 Å². The highest BCUT2D eigenvalue weighted by molar-refractivity contribution is 9.12. The summed E-state index contributed by atoms with van der Waals surface area (Å²) in [5.74, 6) is -3.33. The Balaban J connectivity index is 0.000000223. The Morgan fingerprint density at radius 1 is 0.565 bits per heavy atom. The number of hydrogen-bond acceptors (Lipinski definition) is 20. The lowest BCUT2D eigenvalue weighted by molar-refractivity contribution is -0.146. The maximum Gasteiger partial charge on any atom is 0.408 e. The topological polar surface area (TPSA) is 399 Å². The zero-order valence-corrected chi connectivity index (χ0v) is 71.7. The number of nitrogens with zero attached hydrogens (tertiary/aromatic N) is 4. The molecule has 115 heavy (non-hydrogen) atoms. The van der Waals surface area contributed by atoms with Crippen LogP contribution in [0.25, 0.3) is 44.3 Å². The Bertz CT molecular complexity index is 5010. The molecule has 6 aromatic rings. The van der Waals surface area contributed by atoms with Crippen molar-refractivity contribution in [2.45, 2.75) is 200 Å². The number of sulfonamides is 2. The first-order valence-electron chi connectivity index (χ1n) is 37.6. The molecule has 4 aliphatic carbocycles. The second-order valence-electron chi connectivity index (χ2n) is 33.9. The molecule has 2 aromatic heterocycles. The minimum atomic E-state index is -4.10. The van der Waals surface area contributed by atoms with Crippen LogP contribution in [0.5, 0.6) is 23.0 Å². The molecule has 10 atom stereocenters. The molecule has 2 aliphatic heterocycles. The Morgan fingerprint density at radius 3 is 1.25 bits per heavy atom. The number of ether oxygens (including phenoxy) is 6. The average molecular weight is 1760 g/mol. The zero-order valence-electron chi connectivity index (χ0n) is 66.9. The van der Waals surface area contributed by atoms with Gasteiger partial charge in [-0.1, -0.05) is 146 Å². The van der Waals surface area contributed by atoms with Crippen LogP contribution in [0, 0.1) is 22.7 Å². The fourth-order valence-electron chi connectivity index (χ4n) is 13.6. The van der Waals surface area contributed by atoms with Crippen molar-refractivity contribution < 1.29 is 88.7 Å². The number of carbonyl (C=O) groups is 8. The Morgan fingerprint density at radius 2 is 0.939 bits per heavy atom. The molecular formula is C82H102Br2N10O19S2. The molecule has 7 amide bonds. The average Bonchev–Trinajstić information content (AvgIpc) is 1.57. The summed E-state index contributed by atoms with van der Waals surface area (Å²) >= 11 is 6.20. The first-order chi connectivity index (χ1) is 53.5. The molecule has 2 saturated heterocycles. The molecule has 6 aliphatic rings. The molecule has 29 nitrogen and oxygen atoms in total. The predicted molar refractivity (Wildman–Crippen MR) is 440 cm³/mol. The van der Waals surface area contributed by atoms with Crippen molar-refractivity contribution in [2.24, 2.45) is 27.8 Å². The monoisotopic (exact) mass is 1750 g/mol. The Labute approximate surface area is 687 Å². The second-order valence-corrected chi connectivity index (χ2v) is 41.9. The molecule has 0 spiro atoms. The van der Waals surface area contributed by atoms with Crippen LogP contribution in [-0.4, -0.2) is 183 Å². The van der Waals surface area contributed by atoms with Crippen molar-refractivity contribution in [2.75, 3.05) is 27.3 Å². The zero-order chi connectivity index (χ0) is 84.7. The number of fused-ring (bicyclic) bond motifs is 2. The summed E-state index contributed by atoms with van der Waals surface area (Å²) in [4.78, 5) is 122. The van der Waals surface area contributed by atoms with Gasteiger partial charge in [0.15, 0.2) is 0 Å². The largest absolute Gasteiger partial charge is 0.497 e. The number of likely N-dealkylation sites (tertiary alicyclic amines) is 2. The summed E-state index contributed by atoms with van der Waals surface area (Å²) in [5.41, 5.74) is -2.17. The summed E-state index contributed by atoms with van der Waals surface area (Å²) in [7, 11) is -4.27. The van der Waals surface area contributed by atoms with Gasteiger partial charge in [-0.2, -0.15) is 0 Å². The number of amides is 7. The summed E-state index contributed by atoms with van der Waals surface area (Å²) in [6.07, 6.45) is 2.32. The molecule has 0 bridgehead atoms. The van der Waals surface area contributed by atoms with E-state index in [0.29, 0.717) is 81.9 Å². The van der Waals surface area contributed by atoms with Gasteiger partial charge < -0.3 is 64.6 Å². The van der Waals surface area contributed by atoms with Crippen molar-refractivity contribution in [3.63, 3.8) is 0 Å². The van der Waals surface area contributed by atoms with Gasteiger partial charge in [-0.15, -0.1) is 13.2 Å². The lowest BCUT2D eigenvalue weighted by Crippen LogP contribution is -2.60. The number of halogens is 2. The smallest absolute Gasteiger partial charge is 0.408 e. The number of methoxy groups -OCH3 is 2. The van der Waals surface area contributed by atoms with Crippen LogP contribution in [-0.2, 0) is 58.3 Å². The van der Waals surface area contributed by atoms with Crippen LogP contribution >= 0.6 is 31.9 Å². The lowest BCUT2D eigenvalue weighted by Gasteiger charge is -2.36. The number of rotatable bonds is 23. The predicted octanol–water partition coefficient (Wildman–Crippen LogP) is 11.1. The molecule has 620 valence electrons. The molecule has 12 rings (SSSR count). The third-order valence-corrected chi connectivity index (χ3v) is 28.0.